The lowest BCUT2D eigenvalue weighted by atomic mass is 10.1. The zero-order valence-electron chi connectivity index (χ0n) is 13.9. The van der Waals surface area contributed by atoms with E-state index in [4.69, 9.17) is 0 Å². The van der Waals surface area contributed by atoms with E-state index in [1.54, 1.807) is 31.1 Å². The maximum absolute atomic E-state index is 13.0. The first-order valence-electron chi connectivity index (χ1n) is 7.21. The second kappa shape index (κ2) is 7.25. The van der Waals surface area contributed by atoms with Crippen molar-refractivity contribution in [3.05, 3.63) is 64.0 Å². The summed E-state index contributed by atoms with van der Waals surface area (Å²) in [5.74, 6) is -0.669. The highest BCUT2D eigenvalue weighted by Gasteiger charge is 2.27. The third kappa shape index (κ3) is 3.83. The van der Waals surface area contributed by atoms with Crippen molar-refractivity contribution in [3.63, 3.8) is 0 Å². The Labute approximate surface area is 155 Å². The fourth-order valence-corrected chi connectivity index (χ4v) is 4.44. The molecule has 130 valence electrons. The third-order valence-electron chi connectivity index (χ3n) is 3.34. The Morgan fingerprint density at radius 2 is 1.80 bits per heavy atom. The summed E-state index contributed by atoms with van der Waals surface area (Å²) < 4.78 is 27.0. The van der Waals surface area contributed by atoms with Crippen molar-refractivity contribution in [2.24, 2.45) is 0 Å². The summed E-state index contributed by atoms with van der Waals surface area (Å²) in [7, 11) is -0.652. The number of aryl methyl sites for hydroxylation is 1. The average molecular weight is 422 g/mol. The molecule has 0 saturated heterocycles. The quantitative estimate of drug-likeness (QED) is 0.420. The molecular formula is C17H16BrN3O3S. The number of carbonyl (C=O) groups is 1. The predicted molar refractivity (Wildman–Crippen MR) is 97.6 cm³/mol. The van der Waals surface area contributed by atoms with Crippen molar-refractivity contribution in [1.82, 2.24) is 8.87 Å². The number of rotatable bonds is 5. The summed E-state index contributed by atoms with van der Waals surface area (Å²) in [6, 6.07) is 11.0. The smallest absolute Gasteiger partial charge is 0.269 e. The van der Waals surface area contributed by atoms with Crippen molar-refractivity contribution >= 4 is 31.7 Å². The first-order valence-corrected chi connectivity index (χ1v) is 9.44. The number of nitrogens with zero attached hydrogens (tertiary/aromatic N) is 3. The highest BCUT2D eigenvalue weighted by atomic mass is 79.9. The molecule has 0 unspecified atom stereocenters. The second-order valence-corrected chi connectivity index (χ2v) is 8.17. The van der Waals surface area contributed by atoms with Crippen LogP contribution in [0.5, 0.6) is 0 Å². The molecular weight excluding hydrogens is 406 g/mol. The van der Waals surface area contributed by atoms with Gasteiger partial charge in [0.2, 0.25) is 5.78 Å². The molecule has 25 heavy (non-hydrogen) atoms. The van der Waals surface area contributed by atoms with E-state index < -0.39 is 15.8 Å². The van der Waals surface area contributed by atoms with Crippen LogP contribution in [0.2, 0.25) is 0 Å². The van der Waals surface area contributed by atoms with Gasteiger partial charge in [-0.1, -0.05) is 17.7 Å². The molecule has 1 heterocycles. The molecule has 2 rings (SSSR count). The number of carbonyl (C=O) groups excluding carboxylic acids is 1. The van der Waals surface area contributed by atoms with Crippen LogP contribution in [0.15, 0.2) is 57.7 Å². The number of aromatic nitrogens is 1. The molecule has 1 aromatic carbocycles. The zero-order valence-corrected chi connectivity index (χ0v) is 16.3. The topological polar surface area (TPSA) is 83.2 Å². The van der Waals surface area contributed by atoms with Crippen LogP contribution in [0, 0.1) is 18.3 Å². The van der Waals surface area contributed by atoms with E-state index in [2.05, 4.69) is 15.9 Å². The molecule has 0 aliphatic heterocycles. The minimum absolute atomic E-state index is 0.0548. The SMILES string of the molecule is Cc1ccc(S(=O)(=O)n2c(Br)ccc2C(=O)/C(C#N)=C/N(C)C)cc1. The molecule has 6 nitrogen and oxygen atoms in total. The van der Waals surface area contributed by atoms with Crippen LogP contribution in [-0.4, -0.2) is 37.2 Å². The van der Waals surface area contributed by atoms with E-state index in [0.29, 0.717) is 0 Å². The minimum Gasteiger partial charge on any atom is -0.382 e. The van der Waals surface area contributed by atoms with Gasteiger partial charge in [0, 0.05) is 20.3 Å². The highest BCUT2D eigenvalue weighted by molar-refractivity contribution is 9.10. The average Bonchev–Trinajstić information content (AvgIpc) is 2.94. The van der Waals surface area contributed by atoms with Gasteiger partial charge in [-0.25, -0.2) is 12.4 Å². The van der Waals surface area contributed by atoms with Crippen LogP contribution in [0.4, 0.5) is 0 Å². The van der Waals surface area contributed by atoms with Gasteiger partial charge in [0.15, 0.2) is 0 Å². The van der Waals surface area contributed by atoms with E-state index in [9.17, 15) is 18.5 Å². The van der Waals surface area contributed by atoms with Crippen LogP contribution >= 0.6 is 15.9 Å². The summed E-state index contributed by atoms with van der Waals surface area (Å²) in [6.45, 7) is 1.85. The van der Waals surface area contributed by atoms with E-state index >= 15 is 0 Å². The van der Waals surface area contributed by atoms with Gasteiger partial charge >= 0.3 is 0 Å². The largest absolute Gasteiger partial charge is 0.382 e. The van der Waals surface area contributed by atoms with Crippen molar-refractivity contribution in [3.8, 4) is 6.07 Å². The Morgan fingerprint density at radius 3 is 2.32 bits per heavy atom. The summed E-state index contributed by atoms with van der Waals surface area (Å²) in [5.41, 5.74) is 0.653. The van der Waals surface area contributed by atoms with Gasteiger partial charge < -0.3 is 4.90 Å². The summed E-state index contributed by atoms with van der Waals surface area (Å²) in [6.07, 6.45) is 1.35. The van der Waals surface area contributed by atoms with Gasteiger partial charge in [0.05, 0.1) is 4.90 Å². The highest BCUT2D eigenvalue weighted by Crippen LogP contribution is 2.25. The molecule has 0 spiro atoms. The fourth-order valence-electron chi connectivity index (χ4n) is 2.16. The number of benzene rings is 1. The molecule has 0 atom stereocenters. The summed E-state index contributed by atoms with van der Waals surface area (Å²) >= 11 is 3.17. The maximum atomic E-state index is 13.0. The van der Waals surface area contributed by atoms with Crippen LogP contribution < -0.4 is 0 Å². The molecule has 0 saturated carbocycles. The molecule has 0 bridgehead atoms. The molecule has 0 N–H and O–H groups in total. The lowest BCUT2D eigenvalue weighted by Gasteiger charge is -2.12. The molecule has 0 aliphatic rings. The van der Waals surface area contributed by atoms with Crippen molar-refractivity contribution in [2.45, 2.75) is 11.8 Å². The van der Waals surface area contributed by atoms with E-state index in [0.717, 1.165) is 9.54 Å². The van der Waals surface area contributed by atoms with Gasteiger partial charge in [-0.15, -0.1) is 0 Å². The number of allylic oxidation sites excluding steroid dienone is 1. The zero-order chi connectivity index (χ0) is 18.8. The van der Waals surface area contributed by atoms with Crippen molar-refractivity contribution in [2.75, 3.05) is 14.1 Å². The lowest BCUT2D eigenvalue weighted by Crippen LogP contribution is -2.20. The maximum Gasteiger partial charge on any atom is 0.269 e. The molecule has 2 aromatic rings. The molecule has 0 radical (unpaired) electrons. The standard InChI is InChI=1S/C17H16BrN3O3S/c1-12-4-6-14(7-5-12)25(23,24)21-15(8-9-16(21)18)17(22)13(10-19)11-20(2)3/h4-9,11H,1-3H3/b13-11+. The predicted octanol–water partition coefficient (Wildman–Crippen LogP) is 2.95. The Kier molecular flexibility index (Phi) is 5.50. The number of nitriles is 1. The van der Waals surface area contributed by atoms with Gasteiger partial charge in [-0.05, 0) is 47.1 Å². The van der Waals surface area contributed by atoms with Crippen molar-refractivity contribution in [1.29, 1.82) is 5.26 Å². The van der Waals surface area contributed by atoms with Gasteiger partial charge in [0.25, 0.3) is 10.0 Å². The monoisotopic (exact) mass is 421 g/mol. The molecule has 0 fully saturated rings. The Balaban J connectivity index is 2.62. The fraction of sp³-hybridized carbons (Fsp3) is 0.176. The Hall–Kier alpha value is -2.37. The minimum atomic E-state index is -3.99. The number of halogens is 1. The normalized spacial score (nSPS) is 11.9. The number of hydrogen-bond donors (Lipinski definition) is 0. The summed E-state index contributed by atoms with van der Waals surface area (Å²) in [5, 5.41) is 9.22. The van der Waals surface area contributed by atoms with Crippen molar-refractivity contribution < 1.29 is 13.2 Å². The molecule has 0 aliphatic carbocycles. The van der Waals surface area contributed by atoms with Gasteiger partial charge in [-0.2, -0.15) is 5.26 Å². The first kappa shape index (κ1) is 19.0. The Morgan fingerprint density at radius 1 is 1.20 bits per heavy atom. The summed E-state index contributed by atoms with van der Waals surface area (Å²) in [4.78, 5) is 14.3. The van der Waals surface area contributed by atoms with Gasteiger partial charge in [0.1, 0.15) is 21.9 Å². The van der Waals surface area contributed by atoms with E-state index in [1.807, 2.05) is 13.0 Å². The Bertz CT molecular complexity index is 981. The lowest BCUT2D eigenvalue weighted by molar-refractivity contribution is 0.103. The van der Waals surface area contributed by atoms with E-state index in [-0.39, 0.29) is 20.8 Å². The van der Waals surface area contributed by atoms with Gasteiger partial charge in [-0.3, -0.25) is 4.79 Å². The number of ketones is 1. The number of hydrogen-bond acceptors (Lipinski definition) is 5. The van der Waals surface area contributed by atoms with Crippen LogP contribution in [-0.2, 0) is 10.0 Å². The third-order valence-corrected chi connectivity index (χ3v) is 5.93. The van der Waals surface area contributed by atoms with Crippen LogP contribution in [0.1, 0.15) is 16.1 Å². The molecule has 8 heteroatoms. The number of Topliss-reactive ketones (excluding diaryl/α,β-unsaturated/α-hetero) is 1. The molecule has 1 aromatic heterocycles. The second-order valence-electron chi connectivity index (χ2n) is 5.57. The molecule has 0 amide bonds. The van der Waals surface area contributed by atoms with Crippen LogP contribution in [0.25, 0.3) is 0 Å². The van der Waals surface area contributed by atoms with Crippen LogP contribution in [0.3, 0.4) is 0 Å². The first-order chi connectivity index (χ1) is 11.7. The van der Waals surface area contributed by atoms with E-state index in [1.165, 1.54) is 30.5 Å².